The average molecular weight is 441 g/mol. The standard InChI is InChI=1S/C23H22F3N5O/c1-12-4-7-31-19(8-12)29-13(2)22(31)23(32)30-6-5-15(18(27)11-30)21(28-3)14-9-16(24)20(26)17(25)10-14/h4,7-10,27-28H,5-6,11H2,1-3H3/b21-15-,27-18?. The molecule has 3 heterocycles. The lowest BCUT2D eigenvalue weighted by Gasteiger charge is -2.30. The Hall–Kier alpha value is -3.62. The lowest BCUT2D eigenvalue weighted by atomic mass is 9.95. The first-order chi connectivity index (χ1) is 15.2. The molecule has 1 aliphatic rings. The highest BCUT2D eigenvalue weighted by Gasteiger charge is 2.29. The maximum absolute atomic E-state index is 13.7. The molecule has 1 amide bonds. The third-order valence-corrected chi connectivity index (χ3v) is 5.61. The van der Waals surface area contributed by atoms with Gasteiger partial charge in [-0.05, 0) is 50.1 Å². The van der Waals surface area contributed by atoms with Crippen molar-refractivity contribution in [2.75, 3.05) is 20.1 Å². The fourth-order valence-electron chi connectivity index (χ4n) is 4.05. The van der Waals surface area contributed by atoms with Crippen molar-refractivity contribution in [1.82, 2.24) is 19.6 Å². The summed E-state index contributed by atoms with van der Waals surface area (Å²) in [6.45, 7) is 4.06. The Morgan fingerprint density at radius 2 is 1.84 bits per heavy atom. The Morgan fingerprint density at radius 3 is 2.47 bits per heavy atom. The molecular formula is C23H22F3N5O. The molecule has 2 aromatic heterocycles. The van der Waals surface area contributed by atoms with E-state index < -0.39 is 17.5 Å². The third kappa shape index (κ3) is 3.63. The Kier molecular flexibility index (Phi) is 5.50. The number of carbonyl (C=O) groups excluding carboxylic acids is 1. The molecule has 1 fully saturated rings. The van der Waals surface area contributed by atoms with Gasteiger partial charge >= 0.3 is 0 Å². The predicted molar refractivity (Wildman–Crippen MR) is 115 cm³/mol. The normalized spacial score (nSPS) is 15.9. The number of rotatable bonds is 3. The molecule has 0 saturated carbocycles. The second-order valence-corrected chi connectivity index (χ2v) is 7.79. The van der Waals surface area contributed by atoms with Gasteiger partial charge in [0.2, 0.25) is 0 Å². The number of benzene rings is 1. The number of amides is 1. The molecule has 4 rings (SSSR count). The molecular weight excluding hydrogens is 419 g/mol. The summed E-state index contributed by atoms with van der Waals surface area (Å²) >= 11 is 0. The van der Waals surface area contributed by atoms with Gasteiger partial charge in [-0.15, -0.1) is 0 Å². The largest absolute Gasteiger partial charge is 0.387 e. The van der Waals surface area contributed by atoms with Crippen molar-refractivity contribution in [1.29, 1.82) is 5.41 Å². The minimum absolute atomic E-state index is 0.0318. The smallest absolute Gasteiger partial charge is 0.273 e. The number of hydrogen-bond donors (Lipinski definition) is 2. The van der Waals surface area contributed by atoms with Gasteiger partial charge in [0.1, 0.15) is 11.3 Å². The highest BCUT2D eigenvalue weighted by atomic mass is 19.2. The molecule has 0 unspecified atom stereocenters. The molecule has 1 aliphatic heterocycles. The Bertz CT molecular complexity index is 1270. The van der Waals surface area contributed by atoms with Gasteiger partial charge in [0.15, 0.2) is 17.5 Å². The first kappa shape index (κ1) is 21.6. The van der Waals surface area contributed by atoms with Crippen LogP contribution < -0.4 is 5.32 Å². The summed E-state index contributed by atoms with van der Waals surface area (Å²) < 4.78 is 42.6. The summed E-state index contributed by atoms with van der Waals surface area (Å²) in [5, 5.41) is 11.4. The van der Waals surface area contributed by atoms with Crippen LogP contribution >= 0.6 is 0 Å². The lowest BCUT2D eigenvalue weighted by molar-refractivity contribution is 0.0768. The van der Waals surface area contributed by atoms with Gasteiger partial charge in [0, 0.05) is 36.6 Å². The predicted octanol–water partition coefficient (Wildman–Crippen LogP) is 3.86. The van der Waals surface area contributed by atoms with Crippen molar-refractivity contribution < 1.29 is 18.0 Å². The number of fused-ring (bicyclic) bond motifs is 1. The SMILES string of the molecule is CN/C(=C1/CCN(C(=O)c2c(C)nc3cc(C)ccn23)CC1=N)c1cc(F)c(F)c(F)c1. The van der Waals surface area contributed by atoms with Gasteiger partial charge < -0.3 is 15.6 Å². The molecule has 0 bridgehead atoms. The van der Waals surface area contributed by atoms with Crippen LogP contribution in [0.15, 0.2) is 36.0 Å². The summed E-state index contributed by atoms with van der Waals surface area (Å²) in [4.78, 5) is 19.3. The van der Waals surface area contributed by atoms with Crippen LogP contribution in [0.5, 0.6) is 0 Å². The molecule has 0 spiro atoms. The highest BCUT2D eigenvalue weighted by Crippen LogP contribution is 2.27. The molecule has 2 N–H and O–H groups in total. The highest BCUT2D eigenvalue weighted by molar-refractivity contribution is 6.08. The zero-order valence-corrected chi connectivity index (χ0v) is 17.9. The monoisotopic (exact) mass is 441 g/mol. The molecule has 1 saturated heterocycles. The Morgan fingerprint density at radius 1 is 1.16 bits per heavy atom. The molecule has 6 nitrogen and oxygen atoms in total. The van der Waals surface area contributed by atoms with Crippen molar-refractivity contribution >= 4 is 23.0 Å². The molecule has 3 aromatic rings. The van der Waals surface area contributed by atoms with Crippen LogP contribution in [0.2, 0.25) is 0 Å². The number of hydrogen-bond acceptors (Lipinski definition) is 4. The first-order valence-corrected chi connectivity index (χ1v) is 10.1. The zero-order valence-electron chi connectivity index (χ0n) is 17.9. The minimum atomic E-state index is -1.54. The third-order valence-electron chi connectivity index (χ3n) is 5.61. The van der Waals surface area contributed by atoms with Crippen molar-refractivity contribution in [3.8, 4) is 0 Å². The van der Waals surface area contributed by atoms with E-state index >= 15 is 0 Å². The van der Waals surface area contributed by atoms with E-state index in [0.29, 0.717) is 41.3 Å². The number of pyridine rings is 1. The quantitative estimate of drug-likeness (QED) is 0.606. The van der Waals surface area contributed by atoms with Crippen molar-refractivity contribution in [3.05, 3.63) is 76.0 Å². The van der Waals surface area contributed by atoms with Gasteiger partial charge in [-0.25, -0.2) is 18.2 Å². The van der Waals surface area contributed by atoms with Crippen molar-refractivity contribution in [2.24, 2.45) is 0 Å². The number of aryl methyl sites for hydroxylation is 2. The Labute approximate surface area is 182 Å². The maximum atomic E-state index is 13.7. The molecule has 0 aliphatic carbocycles. The number of carbonyl (C=O) groups is 1. The van der Waals surface area contributed by atoms with Crippen LogP contribution in [-0.4, -0.2) is 46.0 Å². The lowest BCUT2D eigenvalue weighted by Crippen LogP contribution is -2.42. The topological polar surface area (TPSA) is 73.5 Å². The molecule has 166 valence electrons. The number of nitrogens with one attached hydrogen (secondary N) is 2. The van der Waals surface area contributed by atoms with E-state index in [1.54, 1.807) is 29.5 Å². The first-order valence-electron chi connectivity index (χ1n) is 10.1. The van der Waals surface area contributed by atoms with Crippen LogP contribution in [0.25, 0.3) is 11.3 Å². The van der Waals surface area contributed by atoms with Crippen molar-refractivity contribution in [2.45, 2.75) is 20.3 Å². The van der Waals surface area contributed by atoms with Crippen LogP contribution in [-0.2, 0) is 0 Å². The number of piperidine rings is 1. The second-order valence-electron chi connectivity index (χ2n) is 7.79. The fourth-order valence-corrected chi connectivity index (χ4v) is 4.05. The summed E-state index contributed by atoms with van der Waals surface area (Å²) in [6, 6.07) is 5.57. The van der Waals surface area contributed by atoms with E-state index in [0.717, 1.165) is 17.7 Å². The number of nitrogens with zero attached hydrogens (tertiary/aromatic N) is 3. The van der Waals surface area contributed by atoms with Crippen LogP contribution in [0, 0.1) is 36.7 Å². The molecule has 0 atom stereocenters. The van der Waals surface area contributed by atoms with Gasteiger partial charge in [0.25, 0.3) is 5.91 Å². The average Bonchev–Trinajstić information content (AvgIpc) is 3.07. The fraction of sp³-hybridized carbons (Fsp3) is 0.261. The van der Waals surface area contributed by atoms with E-state index in [4.69, 9.17) is 5.41 Å². The van der Waals surface area contributed by atoms with Gasteiger partial charge in [0.05, 0.1) is 18.0 Å². The van der Waals surface area contributed by atoms with Gasteiger partial charge in [-0.2, -0.15) is 0 Å². The van der Waals surface area contributed by atoms with Crippen LogP contribution in [0.4, 0.5) is 13.2 Å². The molecule has 0 radical (unpaired) electrons. The van der Waals surface area contributed by atoms with Gasteiger partial charge in [-0.3, -0.25) is 9.20 Å². The van der Waals surface area contributed by atoms with Crippen LogP contribution in [0.3, 0.4) is 0 Å². The summed E-state index contributed by atoms with van der Waals surface area (Å²) in [5.74, 6) is -4.38. The number of likely N-dealkylation sites (tertiary alicyclic amines) is 1. The zero-order chi connectivity index (χ0) is 23.2. The van der Waals surface area contributed by atoms with Gasteiger partial charge in [-0.1, -0.05) is 0 Å². The Balaban J connectivity index is 1.64. The molecule has 32 heavy (non-hydrogen) atoms. The maximum Gasteiger partial charge on any atom is 0.273 e. The second kappa shape index (κ2) is 8.14. The number of halogens is 3. The van der Waals surface area contributed by atoms with E-state index in [-0.39, 0.29) is 23.7 Å². The minimum Gasteiger partial charge on any atom is -0.387 e. The van der Waals surface area contributed by atoms with E-state index in [9.17, 15) is 18.0 Å². The molecule has 1 aromatic carbocycles. The van der Waals surface area contributed by atoms with E-state index in [1.165, 1.54) is 0 Å². The summed E-state index contributed by atoms with van der Waals surface area (Å²) in [5.41, 5.74) is 3.85. The van der Waals surface area contributed by atoms with E-state index in [2.05, 4.69) is 10.3 Å². The van der Waals surface area contributed by atoms with E-state index in [1.807, 2.05) is 19.1 Å². The summed E-state index contributed by atoms with van der Waals surface area (Å²) in [6.07, 6.45) is 2.10. The number of aromatic nitrogens is 2. The van der Waals surface area contributed by atoms with Crippen molar-refractivity contribution in [3.63, 3.8) is 0 Å². The van der Waals surface area contributed by atoms with Crippen LogP contribution in [0.1, 0.15) is 33.7 Å². The molecule has 9 heteroatoms. The summed E-state index contributed by atoms with van der Waals surface area (Å²) in [7, 11) is 1.57. The number of imidazole rings is 1.